The molecule has 1 amide bonds. The van der Waals surface area contributed by atoms with Crippen LogP contribution in [-0.2, 0) is 4.74 Å². The number of rotatable bonds is 1. The molecule has 1 aliphatic rings. The standard InChI is InChI=1S/C9H7Cl2NO3.ClH/c10-5-1-4(2-6(11)8(5)13)7-3-15-9(14)12-7;/h1-2,7,13H,3H2,(H,12,14);1H/t7-;/m0./s1. The molecule has 2 rings (SSSR count). The SMILES string of the molecule is Cl.O=C1N[C@H](c2cc(Cl)c(O)c(Cl)c2)CO1. The Morgan fingerprint density at radius 3 is 2.38 bits per heavy atom. The Morgan fingerprint density at radius 1 is 1.38 bits per heavy atom. The second-order valence-corrected chi connectivity index (χ2v) is 3.94. The molecule has 0 aromatic heterocycles. The summed E-state index contributed by atoms with van der Waals surface area (Å²) < 4.78 is 4.73. The van der Waals surface area contributed by atoms with Crippen molar-refractivity contribution >= 4 is 41.7 Å². The summed E-state index contributed by atoms with van der Waals surface area (Å²) in [4.78, 5) is 10.8. The number of cyclic esters (lactones) is 1. The van der Waals surface area contributed by atoms with Crippen LogP contribution in [-0.4, -0.2) is 17.8 Å². The first-order valence-corrected chi connectivity index (χ1v) is 4.94. The molecule has 0 aliphatic carbocycles. The number of phenols is 1. The highest BCUT2D eigenvalue weighted by Crippen LogP contribution is 2.35. The molecule has 0 unspecified atom stereocenters. The number of aromatic hydroxyl groups is 1. The van der Waals surface area contributed by atoms with Crippen LogP contribution in [0.25, 0.3) is 0 Å². The van der Waals surface area contributed by atoms with E-state index in [4.69, 9.17) is 27.9 Å². The van der Waals surface area contributed by atoms with Crippen LogP contribution in [0.1, 0.15) is 11.6 Å². The van der Waals surface area contributed by atoms with Crippen LogP contribution < -0.4 is 5.32 Å². The fourth-order valence-corrected chi connectivity index (χ4v) is 1.85. The molecule has 1 aromatic rings. The molecule has 16 heavy (non-hydrogen) atoms. The normalized spacial score (nSPS) is 18.6. The van der Waals surface area contributed by atoms with Crippen LogP contribution in [0, 0.1) is 0 Å². The van der Waals surface area contributed by atoms with Gasteiger partial charge in [-0.15, -0.1) is 12.4 Å². The first-order valence-electron chi connectivity index (χ1n) is 4.19. The van der Waals surface area contributed by atoms with E-state index in [-0.39, 0.29) is 40.9 Å². The number of nitrogens with one attached hydrogen (secondary N) is 1. The average molecular weight is 285 g/mol. The molecular formula is C9H8Cl3NO3. The van der Waals surface area contributed by atoms with E-state index in [1.54, 1.807) is 12.1 Å². The van der Waals surface area contributed by atoms with Crippen molar-refractivity contribution in [3.8, 4) is 5.75 Å². The summed E-state index contributed by atoms with van der Waals surface area (Å²) >= 11 is 11.5. The number of amides is 1. The number of carbonyl (C=O) groups excluding carboxylic acids is 1. The minimum atomic E-state index is -0.472. The van der Waals surface area contributed by atoms with Crippen LogP contribution in [0.15, 0.2) is 12.1 Å². The third-order valence-corrected chi connectivity index (χ3v) is 2.69. The van der Waals surface area contributed by atoms with Crippen LogP contribution in [0.5, 0.6) is 5.75 Å². The molecule has 1 aliphatic heterocycles. The number of hydrogen-bond acceptors (Lipinski definition) is 3. The molecule has 2 N–H and O–H groups in total. The molecule has 0 saturated carbocycles. The van der Waals surface area contributed by atoms with Gasteiger partial charge in [-0.25, -0.2) is 4.79 Å². The van der Waals surface area contributed by atoms with Gasteiger partial charge in [0.2, 0.25) is 0 Å². The zero-order valence-electron chi connectivity index (χ0n) is 7.87. The summed E-state index contributed by atoms with van der Waals surface area (Å²) in [5.74, 6) is -0.160. The van der Waals surface area contributed by atoms with E-state index in [0.29, 0.717) is 5.56 Å². The first-order chi connectivity index (χ1) is 7.08. The minimum Gasteiger partial charge on any atom is -0.505 e. The molecule has 0 radical (unpaired) electrons. The Bertz CT molecular complexity index is 401. The van der Waals surface area contributed by atoms with Crippen LogP contribution in [0.3, 0.4) is 0 Å². The summed E-state index contributed by atoms with van der Waals surface area (Å²) in [7, 11) is 0. The van der Waals surface area contributed by atoms with Gasteiger partial charge in [-0.1, -0.05) is 23.2 Å². The number of carbonyl (C=O) groups is 1. The second kappa shape index (κ2) is 4.99. The zero-order valence-corrected chi connectivity index (χ0v) is 10.2. The summed E-state index contributed by atoms with van der Waals surface area (Å²) in [6.07, 6.45) is -0.472. The predicted molar refractivity (Wildman–Crippen MR) is 62.6 cm³/mol. The molecule has 0 spiro atoms. The lowest BCUT2D eigenvalue weighted by molar-refractivity contribution is 0.177. The predicted octanol–water partition coefficient (Wildman–Crippen LogP) is 2.90. The van der Waals surface area contributed by atoms with E-state index < -0.39 is 6.09 Å². The van der Waals surface area contributed by atoms with Crippen molar-refractivity contribution in [3.63, 3.8) is 0 Å². The van der Waals surface area contributed by atoms with Gasteiger partial charge in [-0.2, -0.15) is 0 Å². The Balaban J connectivity index is 0.00000128. The average Bonchev–Trinajstić information content (AvgIpc) is 2.60. The summed E-state index contributed by atoms with van der Waals surface area (Å²) in [6, 6.07) is 2.82. The first kappa shape index (κ1) is 13.2. The van der Waals surface area contributed by atoms with Crippen molar-refractivity contribution in [1.29, 1.82) is 0 Å². The topological polar surface area (TPSA) is 58.6 Å². The lowest BCUT2D eigenvalue weighted by Crippen LogP contribution is -2.18. The molecule has 1 atom stereocenters. The quantitative estimate of drug-likeness (QED) is 0.833. The van der Waals surface area contributed by atoms with Gasteiger partial charge in [-0.3, -0.25) is 0 Å². The van der Waals surface area contributed by atoms with E-state index in [9.17, 15) is 9.90 Å². The Labute approximate surface area is 108 Å². The van der Waals surface area contributed by atoms with Gasteiger partial charge in [-0.05, 0) is 17.7 Å². The van der Waals surface area contributed by atoms with Gasteiger partial charge >= 0.3 is 6.09 Å². The molecule has 1 aromatic carbocycles. The molecule has 1 saturated heterocycles. The maximum Gasteiger partial charge on any atom is 0.407 e. The van der Waals surface area contributed by atoms with Crippen molar-refractivity contribution in [3.05, 3.63) is 27.7 Å². The zero-order chi connectivity index (χ0) is 11.0. The Kier molecular flexibility index (Phi) is 4.13. The van der Waals surface area contributed by atoms with E-state index >= 15 is 0 Å². The van der Waals surface area contributed by atoms with Crippen molar-refractivity contribution in [2.75, 3.05) is 6.61 Å². The molecule has 1 fully saturated rings. The highest BCUT2D eigenvalue weighted by atomic mass is 35.5. The number of halogens is 3. The molecular weight excluding hydrogens is 276 g/mol. The van der Waals surface area contributed by atoms with Crippen molar-refractivity contribution < 1.29 is 14.6 Å². The Hall–Kier alpha value is -0.840. The minimum absolute atomic E-state index is 0. The van der Waals surface area contributed by atoms with Crippen molar-refractivity contribution in [2.45, 2.75) is 6.04 Å². The fraction of sp³-hybridized carbons (Fsp3) is 0.222. The highest BCUT2D eigenvalue weighted by molar-refractivity contribution is 6.37. The number of phenolic OH excluding ortho intramolecular Hbond substituents is 1. The van der Waals surface area contributed by atoms with E-state index in [2.05, 4.69) is 5.32 Å². The fourth-order valence-electron chi connectivity index (χ4n) is 1.35. The van der Waals surface area contributed by atoms with Gasteiger partial charge < -0.3 is 15.2 Å². The van der Waals surface area contributed by atoms with Gasteiger partial charge in [0.1, 0.15) is 6.61 Å². The maximum atomic E-state index is 10.8. The van der Waals surface area contributed by atoms with Crippen LogP contribution in [0.4, 0.5) is 4.79 Å². The van der Waals surface area contributed by atoms with E-state index in [0.717, 1.165) is 0 Å². The van der Waals surface area contributed by atoms with E-state index in [1.165, 1.54) is 0 Å². The lowest BCUT2D eigenvalue weighted by atomic mass is 10.1. The second-order valence-electron chi connectivity index (χ2n) is 3.13. The van der Waals surface area contributed by atoms with Gasteiger partial charge in [0.25, 0.3) is 0 Å². The largest absolute Gasteiger partial charge is 0.505 e. The van der Waals surface area contributed by atoms with Gasteiger partial charge in [0.05, 0.1) is 16.1 Å². The van der Waals surface area contributed by atoms with E-state index in [1.807, 2.05) is 0 Å². The third kappa shape index (κ3) is 2.45. The smallest absolute Gasteiger partial charge is 0.407 e. The number of hydrogen-bond donors (Lipinski definition) is 2. The number of benzene rings is 1. The lowest BCUT2D eigenvalue weighted by Gasteiger charge is -2.09. The molecule has 1 heterocycles. The van der Waals surface area contributed by atoms with Crippen LogP contribution >= 0.6 is 35.6 Å². The van der Waals surface area contributed by atoms with Gasteiger partial charge in [0.15, 0.2) is 5.75 Å². The Morgan fingerprint density at radius 2 is 1.94 bits per heavy atom. The number of ether oxygens (including phenoxy) is 1. The highest BCUT2D eigenvalue weighted by Gasteiger charge is 2.25. The van der Waals surface area contributed by atoms with Crippen molar-refractivity contribution in [2.24, 2.45) is 0 Å². The monoisotopic (exact) mass is 283 g/mol. The summed E-state index contributed by atoms with van der Waals surface area (Å²) in [6.45, 7) is 0.232. The third-order valence-electron chi connectivity index (χ3n) is 2.11. The summed E-state index contributed by atoms with van der Waals surface area (Å²) in [5, 5.41) is 12.2. The summed E-state index contributed by atoms with van der Waals surface area (Å²) in [5.41, 5.74) is 0.702. The molecule has 88 valence electrons. The molecule has 0 bridgehead atoms. The maximum absolute atomic E-state index is 10.8. The number of alkyl carbamates (subject to hydrolysis) is 1. The van der Waals surface area contributed by atoms with Gasteiger partial charge in [0, 0.05) is 0 Å². The molecule has 7 heteroatoms. The van der Waals surface area contributed by atoms with Crippen molar-refractivity contribution in [1.82, 2.24) is 5.32 Å². The van der Waals surface area contributed by atoms with Crippen LogP contribution in [0.2, 0.25) is 10.0 Å². The molecule has 4 nitrogen and oxygen atoms in total.